The van der Waals surface area contributed by atoms with E-state index in [1.54, 1.807) is 0 Å². The van der Waals surface area contributed by atoms with E-state index in [4.69, 9.17) is 0 Å². The zero-order valence-electron chi connectivity index (χ0n) is 11.0. The molecule has 1 aliphatic carbocycles. The SMILES string of the molecule is CC1CCC(C2CCCCCCCC2)NC1. The van der Waals surface area contributed by atoms with Gasteiger partial charge < -0.3 is 5.32 Å². The maximum Gasteiger partial charge on any atom is 0.00955 e. The Morgan fingerprint density at radius 2 is 1.38 bits per heavy atom. The third-order valence-corrected chi connectivity index (χ3v) is 4.67. The normalized spacial score (nSPS) is 35.1. The van der Waals surface area contributed by atoms with Gasteiger partial charge in [-0.15, -0.1) is 0 Å². The molecule has 16 heavy (non-hydrogen) atoms. The van der Waals surface area contributed by atoms with Gasteiger partial charge in [0, 0.05) is 6.04 Å². The quantitative estimate of drug-likeness (QED) is 0.705. The molecule has 1 aliphatic heterocycles. The van der Waals surface area contributed by atoms with Crippen molar-refractivity contribution in [1.29, 1.82) is 0 Å². The molecular formula is C15H29N. The van der Waals surface area contributed by atoms with Crippen LogP contribution in [0, 0.1) is 11.8 Å². The summed E-state index contributed by atoms with van der Waals surface area (Å²) < 4.78 is 0. The fraction of sp³-hybridized carbons (Fsp3) is 1.00. The van der Waals surface area contributed by atoms with Gasteiger partial charge in [-0.1, -0.05) is 45.4 Å². The van der Waals surface area contributed by atoms with E-state index in [-0.39, 0.29) is 0 Å². The van der Waals surface area contributed by atoms with Crippen molar-refractivity contribution in [2.45, 2.75) is 77.2 Å². The Bertz CT molecular complexity index is 172. The Morgan fingerprint density at radius 1 is 0.750 bits per heavy atom. The van der Waals surface area contributed by atoms with Gasteiger partial charge in [-0.2, -0.15) is 0 Å². The van der Waals surface area contributed by atoms with E-state index in [1.165, 1.54) is 70.8 Å². The van der Waals surface area contributed by atoms with Crippen LogP contribution in [-0.2, 0) is 0 Å². The maximum atomic E-state index is 3.81. The van der Waals surface area contributed by atoms with Crippen molar-refractivity contribution in [2.24, 2.45) is 11.8 Å². The molecule has 0 aromatic carbocycles. The molecule has 1 N–H and O–H groups in total. The van der Waals surface area contributed by atoms with Gasteiger partial charge in [0.15, 0.2) is 0 Å². The zero-order valence-corrected chi connectivity index (χ0v) is 11.0. The van der Waals surface area contributed by atoms with Crippen molar-refractivity contribution >= 4 is 0 Å². The molecule has 1 heterocycles. The second-order valence-electron chi connectivity index (χ2n) is 6.16. The molecule has 1 saturated heterocycles. The summed E-state index contributed by atoms with van der Waals surface area (Å²) in [6.07, 6.45) is 14.8. The predicted octanol–water partition coefficient (Wildman–Crippen LogP) is 4.13. The van der Waals surface area contributed by atoms with Crippen LogP contribution in [0.2, 0.25) is 0 Å². The summed E-state index contributed by atoms with van der Waals surface area (Å²) in [7, 11) is 0. The van der Waals surface area contributed by atoms with Crippen molar-refractivity contribution in [3.63, 3.8) is 0 Å². The van der Waals surface area contributed by atoms with E-state index in [9.17, 15) is 0 Å². The fourth-order valence-electron chi connectivity index (χ4n) is 3.49. The summed E-state index contributed by atoms with van der Waals surface area (Å²) in [6, 6.07) is 0.856. The highest BCUT2D eigenvalue weighted by Gasteiger charge is 2.25. The Labute approximate surface area is 101 Å². The van der Waals surface area contributed by atoms with Crippen LogP contribution in [0.1, 0.15) is 71.1 Å². The van der Waals surface area contributed by atoms with Gasteiger partial charge >= 0.3 is 0 Å². The van der Waals surface area contributed by atoms with Gasteiger partial charge in [0.25, 0.3) is 0 Å². The number of hydrogen-bond acceptors (Lipinski definition) is 1. The fourth-order valence-corrected chi connectivity index (χ4v) is 3.49. The zero-order chi connectivity index (χ0) is 11.2. The second kappa shape index (κ2) is 6.64. The lowest BCUT2D eigenvalue weighted by atomic mass is 9.83. The monoisotopic (exact) mass is 223 g/mol. The van der Waals surface area contributed by atoms with Gasteiger partial charge in [0.2, 0.25) is 0 Å². The topological polar surface area (TPSA) is 12.0 Å². The molecule has 2 atom stereocenters. The highest BCUT2D eigenvalue weighted by Crippen LogP contribution is 2.28. The van der Waals surface area contributed by atoms with Crippen LogP contribution in [0.3, 0.4) is 0 Å². The van der Waals surface area contributed by atoms with E-state index in [1.807, 2.05) is 0 Å². The third-order valence-electron chi connectivity index (χ3n) is 4.67. The molecule has 0 amide bonds. The summed E-state index contributed by atoms with van der Waals surface area (Å²) in [6.45, 7) is 3.65. The molecular weight excluding hydrogens is 194 g/mol. The highest BCUT2D eigenvalue weighted by molar-refractivity contribution is 4.82. The second-order valence-corrected chi connectivity index (χ2v) is 6.16. The molecule has 0 aromatic heterocycles. The lowest BCUT2D eigenvalue weighted by Crippen LogP contribution is -2.42. The third kappa shape index (κ3) is 3.76. The molecule has 0 radical (unpaired) electrons. The lowest BCUT2D eigenvalue weighted by Gasteiger charge is -2.34. The summed E-state index contributed by atoms with van der Waals surface area (Å²) >= 11 is 0. The Kier molecular flexibility index (Phi) is 5.15. The van der Waals surface area contributed by atoms with Crippen molar-refractivity contribution < 1.29 is 0 Å². The van der Waals surface area contributed by atoms with Crippen LogP contribution in [0.25, 0.3) is 0 Å². The molecule has 2 rings (SSSR count). The number of nitrogens with one attached hydrogen (secondary N) is 1. The molecule has 1 nitrogen and oxygen atoms in total. The number of rotatable bonds is 1. The minimum atomic E-state index is 0.856. The standard InChI is InChI=1S/C15H29N/c1-13-10-11-15(16-12-13)14-8-6-4-2-3-5-7-9-14/h13-16H,2-12H2,1H3. The van der Waals surface area contributed by atoms with Gasteiger partial charge in [-0.25, -0.2) is 0 Å². The number of hydrogen-bond donors (Lipinski definition) is 1. The molecule has 0 aromatic rings. The Hall–Kier alpha value is -0.0400. The van der Waals surface area contributed by atoms with Crippen LogP contribution in [0.4, 0.5) is 0 Å². The molecule has 0 spiro atoms. The minimum Gasteiger partial charge on any atom is -0.313 e. The van der Waals surface area contributed by atoms with Crippen molar-refractivity contribution in [3.8, 4) is 0 Å². The van der Waals surface area contributed by atoms with Crippen molar-refractivity contribution in [2.75, 3.05) is 6.54 Å². The molecule has 0 bridgehead atoms. The van der Waals surface area contributed by atoms with E-state index in [0.29, 0.717) is 0 Å². The maximum absolute atomic E-state index is 3.81. The first kappa shape index (κ1) is 12.4. The summed E-state index contributed by atoms with van der Waals surface area (Å²) in [5.41, 5.74) is 0. The smallest absolute Gasteiger partial charge is 0.00955 e. The first-order chi connectivity index (χ1) is 7.86. The molecule has 2 unspecified atom stereocenters. The van der Waals surface area contributed by atoms with Gasteiger partial charge in [-0.05, 0) is 44.1 Å². The van der Waals surface area contributed by atoms with E-state index < -0.39 is 0 Å². The van der Waals surface area contributed by atoms with E-state index in [0.717, 1.165) is 17.9 Å². The average Bonchev–Trinajstić information content (AvgIpc) is 2.43. The highest BCUT2D eigenvalue weighted by atomic mass is 14.9. The van der Waals surface area contributed by atoms with Gasteiger partial charge in [0.1, 0.15) is 0 Å². The lowest BCUT2D eigenvalue weighted by molar-refractivity contribution is 0.231. The van der Waals surface area contributed by atoms with Gasteiger partial charge in [0.05, 0.1) is 0 Å². The average molecular weight is 223 g/mol. The molecule has 1 saturated carbocycles. The Morgan fingerprint density at radius 3 is 1.94 bits per heavy atom. The van der Waals surface area contributed by atoms with Crippen LogP contribution >= 0.6 is 0 Å². The van der Waals surface area contributed by atoms with Crippen molar-refractivity contribution in [1.82, 2.24) is 5.32 Å². The van der Waals surface area contributed by atoms with E-state index >= 15 is 0 Å². The summed E-state index contributed by atoms with van der Waals surface area (Å²) in [4.78, 5) is 0. The summed E-state index contributed by atoms with van der Waals surface area (Å²) in [5.74, 6) is 1.90. The molecule has 1 heteroatoms. The van der Waals surface area contributed by atoms with Crippen LogP contribution in [0.15, 0.2) is 0 Å². The largest absolute Gasteiger partial charge is 0.313 e. The summed E-state index contributed by atoms with van der Waals surface area (Å²) in [5, 5.41) is 3.81. The van der Waals surface area contributed by atoms with E-state index in [2.05, 4.69) is 12.2 Å². The van der Waals surface area contributed by atoms with Crippen LogP contribution in [-0.4, -0.2) is 12.6 Å². The van der Waals surface area contributed by atoms with Crippen LogP contribution < -0.4 is 5.32 Å². The van der Waals surface area contributed by atoms with Gasteiger partial charge in [-0.3, -0.25) is 0 Å². The van der Waals surface area contributed by atoms with Crippen molar-refractivity contribution in [3.05, 3.63) is 0 Å². The molecule has 2 aliphatic rings. The molecule has 2 fully saturated rings. The number of piperidine rings is 1. The first-order valence-corrected chi connectivity index (χ1v) is 7.59. The Balaban J connectivity index is 1.80. The van der Waals surface area contributed by atoms with Crippen LogP contribution in [0.5, 0.6) is 0 Å². The molecule has 94 valence electrons. The first-order valence-electron chi connectivity index (χ1n) is 7.59. The minimum absolute atomic E-state index is 0.856. The predicted molar refractivity (Wildman–Crippen MR) is 70.6 cm³/mol.